The summed E-state index contributed by atoms with van der Waals surface area (Å²) in [5.74, 6) is 1.35. The Balaban J connectivity index is 1.57. The summed E-state index contributed by atoms with van der Waals surface area (Å²) < 4.78 is 7.04. The van der Waals surface area contributed by atoms with Crippen LogP contribution in [0.1, 0.15) is 37.1 Å². The molecule has 0 unspecified atom stereocenters. The van der Waals surface area contributed by atoms with Crippen molar-refractivity contribution in [3.8, 4) is 5.75 Å². The third-order valence-corrected chi connectivity index (χ3v) is 5.90. The SMILES string of the molecule is COc1ccc(CN2CCCN(C(=O)/C=C/c3c(C)nn(CC(C)C)c3Cl)CC2)cc1. The van der Waals surface area contributed by atoms with Crippen LogP contribution in [0.25, 0.3) is 6.08 Å². The number of ether oxygens (including phenoxy) is 1. The number of benzene rings is 1. The molecule has 7 heteroatoms. The third kappa shape index (κ3) is 6.34. The van der Waals surface area contributed by atoms with Crippen molar-refractivity contribution in [1.82, 2.24) is 19.6 Å². The zero-order valence-corrected chi connectivity index (χ0v) is 19.7. The molecule has 0 bridgehead atoms. The molecule has 1 fully saturated rings. The molecule has 0 aliphatic carbocycles. The molecule has 1 aromatic heterocycles. The summed E-state index contributed by atoms with van der Waals surface area (Å²) in [6.07, 6.45) is 4.40. The molecule has 2 aromatic rings. The number of hydrogen-bond acceptors (Lipinski definition) is 4. The van der Waals surface area contributed by atoms with E-state index in [1.54, 1.807) is 13.2 Å². The Labute approximate surface area is 190 Å². The summed E-state index contributed by atoms with van der Waals surface area (Å²) in [4.78, 5) is 17.1. The Kier molecular flexibility index (Phi) is 8.15. The summed E-state index contributed by atoms with van der Waals surface area (Å²) in [5.41, 5.74) is 2.92. The number of carbonyl (C=O) groups excluding carboxylic acids is 1. The van der Waals surface area contributed by atoms with Gasteiger partial charge in [-0.3, -0.25) is 14.4 Å². The molecular formula is C24H33ClN4O2. The maximum Gasteiger partial charge on any atom is 0.246 e. The molecule has 0 N–H and O–H groups in total. The second-order valence-corrected chi connectivity index (χ2v) is 8.86. The van der Waals surface area contributed by atoms with Gasteiger partial charge in [0, 0.05) is 50.9 Å². The highest BCUT2D eigenvalue weighted by Crippen LogP contribution is 2.22. The summed E-state index contributed by atoms with van der Waals surface area (Å²) >= 11 is 6.49. The van der Waals surface area contributed by atoms with Crippen LogP contribution in [-0.2, 0) is 17.9 Å². The van der Waals surface area contributed by atoms with Crippen molar-refractivity contribution in [2.45, 2.75) is 40.3 Å². The van der Waals surface area contributed by atoms with Crippen LogP contribution in [0.5, 0.6) is 5.75 Å². The molecule has 2 heterocycles. The molecule has 1 amide bonds. The molecule has 0 spiro atoms. The quantitative estimate of drug-likeness (QED) is 0.599. The van der Waals surface area contributed by atoms with Crippen molar-refractivity contribution < 1.29 is 9.53 Å². The number of rotatable bonds is 7. The van der Waals surface area contributed by atoms with Crippen LogP contribution in [0.2, 0.25) is 5.15 Å². The van der Waals surface area contributed by atoms with Gasteiger partial charge in [0.2, 0.25) is 5.91 Å². The molecular weight excluding hydrogens is 412 g/mol. The van der Waals surface area contributed by atoms with Crippen LogP contribution in [-0.4, -0.2) is 58.8 Å². The van der Waals surface area contributed by atoms with E-state index < -0.39 is 0 Å². The summed E-state index contributed by atoms with van der Waals surface area (Å²) in [6, 6.07) is 8.18. The van der Waals surface area contributed by atoms with E-state index in [-0.39, 0.29) is 5.91 Å². The van der Waals surface area contributed by atoms with E-state index >= 15 is 0 Å². The predicted octanol–water partition coefficient (Wildman–Crippen LogP) is 4.26. The number of nitrogens with zero attached hydrogens (tertiary/aromatic N) is 4. The maximum absolute atomic E-state index is 12.8. The predicted molar refractivity (Wildman–Crippen MR) is 125 cm³/mol. The van der Waals surface area contributed by atoms with Crippen molar-refractivity contribution in [2.75, 3.05) is 33.3 Å². The van der Waals surface area contributed by atoms with Crippen LogP contribution in [0.4, 0.5) is 0 Å². The Morgan fingerprint density at radius 3 is 2.61 bits per heavy atom. The van der Waals surface area contributed by atoms with Gasteiger partial charge in [-0.25, -0.2) is 0 Å². The Hall–Kier alpha value is -2.31. The molecule has 1 saturated heterocycles. The lowest BCUT2D eigenvalue weighted by atomic mass is 10.2. The molecule has 0 atom stereocenters. The van der Waals surface area contributed by atoms with Crippen LogP contribution in [0.15, 0.2) is 30.3 Å². The Morgan fingerprint density at radius 2 is 1.94 bits per heavy atom. The summed E-state index contributed by atoms with van der Waals surface area (Å²) in [5, 5.41) is 5.10. The average molecular weight is 445 g/mol. The molecule has 0 radical (unpaired) electrons. The first-order chi connectivity index (χ1) is 14.9. The van der Waals surface area contributed by atoms with Gasteiger partial charge in [-0.2, -0.15) is 5.10 Å². The first-order valence-electron chi connectivity index (χ1n) is 10.9. The molecule has 1 aliphatic heterocycles. The van der Waals surface area contributed by atoms with E-state index in [0.717, 1.165) is 62.7 Å². The van der Waals surface area contributed by atoms with Gasteiger partial charge in [0.1, 0.15) is 10.9 Å². The van der Waals surface area contributed by atoms with Crippen LogP contribution >= 0.6 is 11.6 Å². The first-order valence-corrected chi connectivity index (χ1v) is 11.3. The molecule has 3 rings (SSSR count). The lowest BCUT2D eigenvalue weighted by Gasteiger charge is -2.21. The third-order valence-electron chi connectivity index (χ3n) is 5.51. The van der Waals surface area contributed by atoms with E-state index in [2.05, 4.69) is 36.0 Å². The lowest BCUT2D eigenvalue weighted by Crippen LogP contribution is -2.34. The smallest absolute Gasteiger partial charge is 0.246 e. The molecule has 0 saturated carbocycles. The topological polar surface area (TPSA) is 50.6 Å². The molecule has 1 aromatic carbocycles. The molecule has 31 heavy (non-hydrogen) atoms. The van der Waals surface area contributed by atoms with Crippen molar-refractivity contribution in [1.29, 1.82) is 0 Å². The highest BCUT2D eigenvalue weighted by molar-refractivity contribution is 6.31. The van der Waals surface area contributed by atoms with Gasteiger partial charge in [0.25, 0.3) is 0 Å². The van der Waals surface area contributed by atoms with Gasteiger partial charge in [-0.05, 0) is 43.0 Å². The second-order valence-electron chi connectivity index (χ2n) is 8.50. The Bertz CT molecular complexity index is 905. The van der Waals surface area contributed by atoms with Gasteiger partial charge in [0.05, 0.1) is 12.8 Å². The van der Waals surface area contributed by atoms with Crippen molar-refractivity contribution in [3.05, 3.63) is 52.3 Å². The van der Waals surface area contributed by atoms with E-state index in [0.29, 0.717) is 11.1 Å². The van der Waals surface area contributed by atoms with Gasteiger partial charge in [0.15, 0.2) is 0 Å². The number of amides is 1. The molecule has 6 nitrogen and oxygen atoms in total. The fourth-order valence-electron chi connectivity index (χ4n) is 3.82. The summed E-state index contributed by atoms with van der Waals surface area (Å²) in [6.45, 7) is 11.1. The van der Waals surface area contributed by atoms with Gasteiger partial charge in [-0.1, -0.05) is 37.6 Å². The number of hydrogen-bond donors (Lipinski definition) is 0. The fraction of sp³-hybridized carbons (Fsp3) is 0.500. The number of aromatic nitrogens is 2. The van der Waals surface area contributed by atoms with Gasteiger partial charge < -0.3 is 9.64 Å². The van der Waals surface area contributed by atoms with E-state index in [1.165, 1.54) is 5.56 Å². The highest BCUT2D eigenvalue weighted by Gasteiger charge is 2.18. The maximum atomic E-state index is 12.8. The van der Waals surface area contributed by atoms with E-state index in [1.807, 2.05) is 34.7 Å². The molecule has 168 valence electrons. The zero-order chi connectivity index (χ0) is 22.4. The Morgan fingerprint density at radius 1 is 1.19 bits per heavy atom. The van der Waals surface area contributed by atoms with Crippen molar-refractivity contribution in [3.63, 3.8) is 0 Å². The lowest BCUT2D eigenvalue weighted by molar-refractivity contribution is -0.125. The van der Waals surface area contributed by atoms with Gasteiger partial charge in [-0.15, -0.1) is 0 Å². The number of aryl methyl sites for hydroxylation is 1. The van der Waals surface area contributed by atoms with Crippen LogP contribution in [0.3, 0.4) is 0 Å². The normalized spacial score (nSPS) is 15.6. The first kappa shape index (κ1) is 23.4. The van der Waals surface area contributed by atoms with Gasteiger partial charge >= 0.3 is 0 Å². The highest BCUT2D eigenvalue weighted by atomic mass is 35.5. The zero-order valence-electron chi connectivity index (χ0n) is 19.0. The average Bonchev–Trinajstić information content (AvgIpc) is 2.89. The minimum absolute atomic E-state index is 0.0263. The standard InChI is InChI=1S/C24H33ClN4O2/c1-18(2)16-29-24(25)22(19(3)26-29)10-11-23(30)28-13-5-12-27(14-15-28)17-20-6-8-21(31-4)9-7-20/h6-11,18H,5,12-17H2,1-4H3/b11-10+. The number of methoxy groups -OCH3 is 1. The monoisotopic (exact) mass is 444 g/mol. The largest absolute Gasteiger partial charge is 0.497 e. The number of halogens is 1. The van der Waals surface area contributed by atoms with Crippen LogP contribution < -0.4 is 4.74 Å². The molecule has 1 aliphatic rings. The van der Waals surface area contributed by atoms with Crippen molar-refractivity contribution >= 4 is 23.6 Å². The minimum Gasteiger partial charge on any atom is -0.497 e. The summed E-state index contributed by atoms with van der Waals surface area (Å²) in [7, 11) is 1.68. The van der Waals surface area contributed by atoms with E-state index in [4.69, 9.17) is 16.3 Å². The minimum atomic E-state index is 0.0263. The van der Waals surface area contributed by atoms with Crippen LogP contribution in [0, 0.1) is 12.8 Å². The fourth-order valence-corrected chi connectivity index (χ4v) is 4.13. The second kappa shape index (κ2) is 10.8. The van der Waals surface area contributed by atoms with E-state index in [9.17, 15) is 4.79 Å². The number of carbonyl (C=O) groups is 1. The van der Waals surface area contributed by atoms with Crippen molar-refractivity contribution in [2.24, 2.45) is 5.92 Å².